The van der Waals surface area contributed by atoms with Crippen molar-refractivity contribution in [3.05, 3.63) is 24.3 Å². The van der Waals surface area contributed by atoms with Gasteiger partial charge in [-0.3, -0.25) is 9.59 Å². The lowest BCUT2D eigenvalue weighted by Crippen LogP contribution is -2.58. The van der Waals surface area contributed by atoms with Crippen LogP contribution in [0.1, 0.15) is 47.5 Å². The van der Waals surface area contributed by atoms with Crippen molar-refractivity contribution in [1.29, 1.82) is 0 Å². The van der Waals surface area contributed by atoms with E-state index in [2.05, 4.69) is 10.0 Å². The Hall–Kier alpha value is -2.17. The molecule has 9 nitrogen and oxygen atoms in total. The van der Waals surface area contributed by atoms with Gasteiger partial charge in [0.2, 0.25) is 21.8 Å². The van der Waals surface area contributed by atoms with Crippen molar-refractivity contribution in [3.63, 3.8) is 0 Å². The third-order valence-electron chi connectivity index (χ3n) is 5.26. The summed E-state index contributed by atoms with van der Waals surface area (Å²) < 4.78 is 38.5. The molecule has 2 rings (SSSR count). The van der Waals surface area contributed by atoms with E-state index in [0.29, 0.717) is 12.4 Å². The Morgan fingerprint density at radius 2 is 1.85 bits per heavy atom. The highest BCUT2D eigenvalue weighted by molar-refractivity contribution is 7.89. The molecule has 0 unspecified atom stereocenters. The number of nitrogens with zero attached hydrogens (tertiary/aromatic N) is 1. The average Bonchev–Trinajstić information content (AvgIpc) is 3.23. The molecule has 1 aromatic rings. The number of rotatable bonds is 10. The van der Waals surface area contributed by atoms with Crippen molar-refractivity contribution in [2.24, 2.45) is 5.92 Å². The third kappa shape index (κ3) is 7.97. The quantitative estimate of drug-likeness (QED) is 0.526. The molecule has 10 heteroatoms. The monoisotopic (exact) mass is 483 g/mol. The van der Waals surface area contributed by atoms with Crippen molar-refractivity contribution in [2.45, 2.75) is 70.0 Å². The number of benzene rings is 1. The van der Waals surface area contributed by atoms with Crippen molar-refractivity contribution in [3.8, 4) is 5.75 Å². The van der Waals surface area contributed by atoms with Crippen LogP contribution in [-0.4, -0.2) is 69.6 Å². The lowest BCUT2D eigenvalue weighted by Gasteiger charge is -2.36. The van der Waals surface area contributed by atoms with Crippen LogP contribution in [-0.2, 0) is 24.3 Å². The smallest absolute Gasteiger partial charge is 0.243 e. The number of hydrogen-bond donors (Lipinski definition) is 2. The minimum atomic E-state index is -3.92. The first-order valence-electron chi connectivity index (χ1n) is 11.2. The van der Waals surface area contributed by atoms with E-state index in [0.717, 1.165) is 12.8 Å². The van der Waals surface area contributed by atoms with Gasteiger partial charge in [0.1, 0.15) is 11.8 Å². The highest BCUT2D eigenvalue weighted by Crippen LogP contribution is 2.20. The Bertz CT molecular complexity index is 903. The Kier molecular flexibility index (Phi) is 9.28. The zero-order valence-electron chi connectivity index (χ0n) is 20.4. The summed E-state index contributed by atoms with van der Waals surface area (Å²) in [7, 11) is -2.43. The number of hydrogen-bond acceptors (Lipinski definition) is 6. The van der Waals surface area contributed by atoms with Gasteiger partial charge in [0.25, 0.3) is 0 Å². The van der Waals surface area contributed by atoms with E-state index >= 15 is 0 Å². The fourth-order valence-electron chi connectivity index (χ4n) is 3.72. The van der Waals surface area contributed by atoms with Crippen LogP contribution in [0.2, 0.25) is 0 Å². The number of methoxy groups -OCH3 is 1. The maximum Gasteiger partial charge on any atom is 0.243 e. The van der Waals surface area contributed by atoms with Gasteiger partial charge in [-0.05, 0) is 63.8 Å². The van der Waals surface area contributed by atoms with Crippen LogP contribution in [0.3, 0.4) is 0 Å². The van der Waals surface area contributed by atoms with Crippen molar-refractivity contribution < 1.29 is 27.5 Å². The van der Waals surface area contributed by atoms with Gasteiger partial charge in [0, 0.05) is 18.7 Å². The summed E-state index contributed by atoms with van der Waals surface area (Å²) >= 11 is 0. The molecule has 1 fully saturated rings. The van der Waals surface area contributed by atoms with Crippen LogP contribution in [0.5, 0.6) is 5.75 Å². The minimum absolute atomic E-state index is 0.0210. The zero-order valence-corrected chi connectivity index (χ0v) is 21.2. The van der Waals surface area contributed by atoms with E-state index in [-0.39, 0.29) is 29.4 Å². The average molecular weight is 484 g/mol. The number of amides is 2. The largest absolute Gasteiger partial charge is 0.497 e. The van der Waals surface area contributed by atoms with Gasteiger partial charge >= 0.3 is 0 Å². The third-order valence-corrected chi connectivity index (χ3v) is 6.68. The van der Waals surface area contributed by atoms with E-state index in [1.165, 1.54) is 36.3 Å². The van der Waals surface area contributed by atoms with Crippen LogP contribution in [0.15, 0.2) is 29.2 Å². The first kappa shape index (κ1) is 27.1. The van der Waals surface area contributed by atoms with E-state index in [9.17, 15) is 18.0 Å². The fraction of sp³-hybridized carbons (Fsp3) is 0.652. The number of carbonyl (C=O) groups excluding carboxylic acids is 2. The molecule has 2 atom stereocenters. The second kappa shape index (κ2) is 11.3. The summed E-state index contributed by atoms with van der Waals surface area (Å²) in [6, 6.07) is 5.12. The SMILES string of the molecule is COc1ccc(S(=O)(=O)NCC(=O)N(C[C@H]2CCCO2)[C@@H](C(=O)NC(C)(C)C)C(C)C)cc1. The van der Waals surface area contributed by atoms with Crippen LogP contribution >= 0.6 is 0 Å². The second-order valence-electron chi connectivity index (χ2n) is 9.61. The molecule has 186 valence electrons. The highest BCUT2D eigenvalue weighted by Gasteiger charge is 2.36. The molecule has 1 aliphatic rings. The Morgan fingerprint density at radius 1 is 1.21 bits per heavy atom. The van der Waals surface area contributed by atoms with Crippen molar-refractivity contribution >= 4 is 21.8 Å². The Balaban J connectivity index is 2.22. The number of carbonyl (C=O) groups is 2. The normalized spacial score (nSPS) is 17.6. The van der Waals surface area contributed by atoms with Crippen LogP contribution in [0.25, 0.3) is 0 Å². The predicted octanol–water partition coefficient (Wildman–Crippen LogP) is 1.92. The first-order valence-corrected chi connectivity index (χ1v) is 12.7. The van der Waals surface area contributed by atoms with Gasteiger partial charge in [-0.1, -0.05) is 13.8 Å². The topological polar surface area (TPSA) is 114 Å². The molecule has 1 aromatic carbocycles. The molecule has 0 aromatic heterocycles. The minimum Gasteiger partial charge on any atom is -0.497 e. The zero-order chi connectivity index (χ0) is 24.8. The molecule has 33 heavy (non-hydrogen) atoms. The lowest BCUT2D eigenvalue weighted by atomic mass is 9.98. The van der Waals surface area contributed by atoms with Gasteiger partial charge in [0.15, 0.2) is 0 Å². The summed E-state index contributed by atoms with van der Waals surface area (Å²) in [5.41, 5.74) is -0.473. The van der Waals surface area contributed by atoms with Gasteiger partial charge < -0.3 is 19.7 Å². The van der Waals surface area contributed by atoms with Crippen LogP contribution < -0.4 is 14.8 Å². The first-order chi connectivity index (χ1) is 15.3. The molecule has 0 spiro atoms. The number of ether oxygens (including phenoxy) is 2. The van der Waals surface area contributed by atoms with Crippen molar-refractivity contribution in [1.82, 2.24) is 14.9 Å². The molecule has 2 amide bonds. The molecule has 1 heterocycles. The Morgan fingerprint density at radius 3 is 2.33 bits per heavy atom. The van der Waals surface area contributed by atoms with E-state index < -0.39 is 34.1 Å². The molecular formula is C23H37N3O6S. The van der Waals surface area contributed by atoms with Crippen LogP contribution in [0, 0.1) is 5.92 Å². The molecule has 2 N–H and O–H groups in total. The maximum atomic E-state index is 13.3. The highest BCUT2D eigenvalue weighted by atomic mass is 32.2. The lowest BCUT2D eigenvalue weighted by molar-refractivity contribution is -0.143. The fourth-order valence-corrected chi connectivity index (χ4v) is 4.70. The second-order valence-corrected chi connectivity index (χ2v) is 11.4. The standard InChI is InChI=1S/C23H37N3O6S/c1-16(2)21(22(28)25-23(3,4)5)26(15-18-8-7-13-32-18)20(27)14-24-33(29,30)19-11-9-17(31-6)10-12-19/h9-12,16,18,21,24H,7-8,13-15H2,1-6H3,(H,25,28)/t18-,21-/m1/s1. The van der Waals surface area contributed by atoms with Crippen molar-refractivity contribution in [2.75, 3.05) is 26.8 Å². The molecule has 1 aliphatic heterocycles. The predicted molar refractivity (Wildman–Crippen MR) is 125 cm³/mol. The number of sulfonamides is 1. The van der Waals surface area contributed by atoms with Gasteiger partial charge in [-0.25, -0.2) is 13.1 Å². The van der Waals surface area contributed by atoms with Gasteiger partial charge in [-0.2, -0.15) is 0 Å². The Labute approximate surface area is 197 Å². The molecule has 0 aliphatic carbocycles. The summed E-state index contributed by atoms with van der Waals surface area (Å²) in [4.78, 5) is 27.9. The maximum absolute atomic E-state index is 13.3. The number of nitrogens with one attached hydrogen (secondary N) is 2. The molecule has 0 radical (unpaired) electrons. The summed E-state index contributed by atoms with van der Waals surface area (Å²) in [5.74, 6) is -0.416. The van der Waals surface area contributed by atoms with E-state index in [1.807, 2.05) is 34.6 Å². The van der Waals surface area contributed by atoms with Gasteiger partial charge in [-0.15, -0.1) is 0 Å². The molecule has 0 saturated carbocycles. The summed E-state index contributed by atoms with van der Waals surface area (Å²) in [5, 5.41) is 2.95. The molecule has 0 bridgehead atoms. The van der Waals surface area contributed by atoms with E-state index in [1.54, 1.807) is 0 Å². The summed E-state index contributed by atoms with van der Waals surface area (Å²) in [6.45, 7) is 9.72. The molecule has 1 saturated heterocycles. The van der Waals surface area contributed by atoms with Gasteiger partial charge in [0.05, 0.1) is 24.7 Å². The summed E-state index contributed by atoms with van der Waals surface area (Å²) in [6.07, 6.45) is 1.49. The van der Waals surface area contributed by atoms with E-state index in [4.69, 9.17) is 9.47 Å². The molecular weight excluding hydrogens is 446 g/mol. The van der Waals surface area contributed by atoms with Crippen LogP contribution in [0.4, 0.5) is 0 Å².